The zero-order chi connectivity index (χ0) is 24.4. The van der Waals surface area contributed by atoms with Crippen LogP contribution in [0.2, 0.25) is 11.3 Å². The lowest BCUT2D eigenvalue weighted by Crippen LogP contribution is -2.54. The van der Waals surface area contributed by atoms with E-state index in [0.29, 0.717) is 24.1 Å². The molecule has 3 N–H and O–H groups in total. The van der Waals surface area contributed by atoms with Gasteiger partial charge in [0.15, 0.2) is 5.82 Å². The van der Waals surface area contributed by atoms with E-state index in [1.807, 2.05) is 6.07 Å². The van der Waals surface area contributed by atoms with Crippen molar-refractivity contribution in [3.8, 4) is 23.2 Å². The van der Waals surface area contributed by atoms with Crippen molar-refractivity contribution in [2.24, 2.45) is 0 Å². The molecule has 2 aromatic heterocycles. The van der Waals surface area contributed by atoms with Crippen LogP contribution in [-0.4, -0.2) is 43.0 Å². The van der Waals surface area contributed by atoms with Crippen molar-refractivity contribution in [1.29, 1.82) is 5.26 Å². The van der Waals surface area contributed by atoms with Crippen LogP contribution in [-0.2, 0) is 0 Å². The summed E-state index contributed by atoms with van der Waals surface area (Å²) in [6.07, 6.45) is 2.88. The third-order valence-electron chi connectivity index (χ3n) is 6.74. The first-order chi connectivity index (χ1) is 16.9. The normalized spacial score (nSPS) is 17.4. The number of thiophene rings is 1. The predicted molar refractivity (Wildman–Crippen MR) is 135 cm³/mol. The van der Waals surface area contributed by atoms with Crippen LogP contribution in [0.15, 0.2) is 18.2 Å². The van der Waals surface area contributed by atoms with Crippen molar-refractivity contribution in [3.05, 3.63) is 40.4 Å². The summed E-state index contributed by atoms with van der Waals surface area (Å²) in [5.74, 6) is -0.688. The van der Waals surface area contributed by atoms with E-state index in [1.54, 1.807) is 6.07 Å². The number of ether oxygens (including phenoxy) is 1. The van der Waals surface area contributed by atoms with Gasteiger partial charge in [-0.2, -0.15) is 15.2 Å². The zero-order valence-corrected chi connectivity index (χ0v) is 20.1. The molecule has 0 amide bonds. The predicted octanol–water partition coefficient (Wildman–Crippen LogP) is 4.62. The van der Waals surface area contributed by atoms with Gasteiger partial charge in [-0.1, -0.05) is 24.0 Å². The van der Waals surface area contributed by atoms with Gasteiger partial charge < -0.3 is 20.6 Å². The van der Waals surface area contributed by atoms with Crippen LogP contribution < -0.4 is 20.6 Å². The molecule has 6 rings (SSSR count). The standard InChI is InChI=1S/C23H18BClF2N6OS/c1-34-23-30-19-12(22(31-23)33-8-10-4-5-24(9-33)32-10)6-14(25)17(18(19)27)11-2-3-15(26)20-16(11)13(7-28)21(29)35-20/h2-3,6,10,32H,4-5,8-9,29H2,1H3. The number of nitrogens with one attached hydrogen (secondary N) is 1. The third-order valence-corrected chi connectivity index (χ3v) is 8.07. The summed E-state index contributed by atoms with van der Waals surface area (Å²) >= 11 is 7.62. The highest BCUT2D eigenvalue weighted by Gasteiger charge is 2.36. The van der Waals surface area contributed by atoms with Crippen molar-refractivity contribution in [2.75, 3.05) is 30.7 Å². The molecule has 2 aliphatic rings. The third kappa shape index (κ3) is 3.39. The molecule has 2 bridgehead atoms. The summed E-state index contributed by atoms with van der Waals surface area (Å²) in [6.45, 7) is 1.07. The Kier molecular flexibility index (Phi) is 5.21. The van der Waals surface area contributed by atoms with Crippen LogP contribution in [0.1, 0.15) is 12.0 Å². The van der Waals surface area contributed by atoms with Gasteiger partial charge in [0.05, 0.1) is 22.4 Å². The number of hydrogen-bond acceptors (Lipinski definition) is 8. The Bertz CT molecular complexity index is 1560. The van der Waals surface area contributed by atoms with Gasteiger partial charge in [0.25, 0.3) is 0 Å². The Morgan fingerprint density at radius 1 is 1.37 bits per heavy atom. The molecule has 0 radical (unpaired) electrons. The zero-order valence-electron chi connectivity index (χ0n) is 18.5. The molecule has 1 unspecified atom stereocenters. The molecule has 0 spiro atoms. The summed E-state index contributed by atoms with van der Waals surface area (Å²) in [5, 5.41) is 14.2. The van der Waals surface area contributed by atoms with Crippen molar-refractivity contribution in [1.82, 2.24) is 15.2 Å². The van der Waals surface area contributed by atoms with E-state index in [1.165, 1.54) is 19.2 Å². The first-order valence-corrected chi connectivity index (χ1v) is 12.2. The van der Waals surface area contributed by atoms with Crippen molar-refractivity contribution in [3.63, 3.8) is 0 Å². The number of aromatic nitrogens is 2. The molecule has 2 aromatic carbocycles. The van der Waals surface area contributed by atoms with Gasteiger partial charge in [0, 0.05) is 35.4 Å². The number of anilines is 2. The number of benzene rings is 2. The van der Waals surface area contributed by atoms with Gasteiger partial charge in [0.2, 0.25) is 6.85 Å². The van der Waals surface area contributed by atoms with Crippen molar-refractivity contribution >= 4 is 61.6 Å². The lowest BCUT2D eigenvalue weighted by atomic mass is 9.61. The second-order valence-corrected chi connectivity index (χ2v) is 10.2. The molecule has 176 valence electrons. The second-order valence-electron chi connectivity index (χ2n) is 8.77. The molecular weight excluding hydrogens is 493 g/mol. The SMILES string of the molecule is COc1nc(N2CB3CCC(C2)N3)c2cc(Cl)c(-c3ccc(F)c4sc(N)c(C#N)c34)c(F)c2n1. The van der Waals surface area contributed by atoms with Gasteiger partial charge in [-0.25, -0.2) is 8.78 Å². The van der Waals surface area contributed by atoms with Gasteiger partial charge in [-0.05, 0) is 24.1 Å². The van der Waals surface area contributed by atoms with Gasteiger partial charge in [-0.15, -0.1) is 11.3 Å². The molecule has 4 heterocycles. The summed E-state index contributed by atoms with van der Waals surface area (Å²) in [6, 6.07) is 6.64. The van der Waals surface area contributed by atoms with E-state index in [9.17, 15) is 9.65 Å². The minimum atomic E-state index is -0.700. The average molecular weight is 511 g/mol. The maximum absolute atomic E-state index is 16.3. The van der Waals surface area contributed by atoms with E-state index in [-0.39, 0.29) is 48.3 Å². The summed E-state index contributed by atoms with van der Waals surface area (Å²) in [4.78, 5) is 11.0. The van der Waals surface area contributed by atoms with E-state index in [2.05, 4.69) is 20.1 Å². The van der Waals surface area contributed by atoms with E-state index < -0.39 is 11.6 Å². The fourth-order valence-corrected chi connectivity index (χ4v) is 6.46. The van der Waals surface area contributed by atoms with E-state index in [4.69, 9.17) is 22.1 Å². The number of nitrogens with zero attached hydrogens (tertiary/aromatic N) is 4. The highest BCUT2D eigenvalue weighted by atomic mass is 35.5. The van der Waals surface area contributed by atoms with Gasteiger partial charge >= 0.3 is 6.01 Å². The average Bonchev–Trinajstić information content (AvgIpc) is 3.37. The maximum Gasteiger partial charge on any atom is 0.318 e. The highest BCUT2D eigenvalue weighted by Crippen LogP contribution is 2.45. The number of nitrogen functional groups attached to an aromatic ring is 1. The first kappa shape index (κ1) is 22.3. The molecule has 35 heavy (non-hydrogen) atoms. The number of hydrogen-bond donors (Lipinski definition) is 2. The fraction of sp³-hybridized carbons (Fsp3) is 0.261. The summed E-state index contributed by atoms with van der Waals surface area (Å²) in [5.41, 5.74) is 6.39. The van der Waals surface area contributed by atoms with Crippen LogP contribution >= 0.6 is 22.9 Å². The molecule has 0 saturated carbocycles. The highest BCUT2D eigenvalue weighted by molar-refractivity contribution is 7.23. The molecule has 2 saturated heterocycles. The van der Waals surface area contributed by atoms with E-state index >= 15 is 4.39 Å². The number of fused-ring (bicyclic) bond motifs is 4. The Morgan fingerprint density at radius 3 is 2.94 bits per heavy atom. The number of rotatable bonds is 3. The smallest absolute Gasteiger partial charge is 0.318 e. The number of nitrogens with two attached hydrogens (primary N) is 1. The second kappa shape index (κ2) is 8.19. The molecule has 0 aliphatic carbocycles. The number of halogens is 3. The van der Waals surface area contributed by atoms with Crippen LogP contribution in [0.3, 0.4) is 0 Å². The largest absolute Gasteiger partial charge is 0.467 e. The lowest BCUT2D eigenvalue weighted by Gasteiger charge is -2.33. The Labute approximate surface area is 208 Å². The number of nitriles is 1. The summed E-state index contributed by atoms with van der Waals surface area (Å²) in [7, 11) is 1.43. The van der Waals surface area contributed by atoms with E-state index in [0.717, 1.165) is 37.1 Å². The minimum absolute atomic E-state index is 0.0190. The molecule has 12 heteroatoms. The van der Waals surface area contributed by atoms with Gasteiger partial charge in [-0.3, -0.25) is 0 Å². The van der Waals surface area contributed by atoms with Crippen LogP contribution in [0.4, 0.5) is 19.6 Å². The quantitative estimate of drug-likeness (QED) is 0.388. The van der Waals surface area contributed by atoms with Crippen molar-refractivity contribution in [2.45, 2.75) is 18.8 Å². The monoisotopic (exact) mass is 510 g/mol. The van der Waals surface area contributed by atoms with Crippen LogP contribution in [0, 0.1) is 23.0 Å². The molecule has 4 aromatic rings. The molecule has 7 nitrogen and oxygen atoms in total. The Hall–Kier alpha value is -3.20. The lowest BCUT2D eigenvalue weighted by molar-refractivity contribution is 0.381. The summed E-state index contributed by atoms with van der Waals surface area (Å²) < 4.78 is 36.3. The number of methoxy groups -OCH3 is 1. The Morgan fingerprint density at radius 2 is 2.20 bits per heavy atom. The van der Waals surface area contributed by atoms with Crippen LogP contribution in [0.5, 0.6) is 6.01 Å². The topological polar surface area (TPSA) is 100 Å². The minimum Gasteiger partial charge on any atom is -0.467 e. The van der Waals surface area contributed by atoms with Gasteiger partial charge in [0.1, 0.15) is 28.2 Å². The molecule has 2 fully saturated rings. The fourth-order valence-electron chi connectivity index (χ4n) is 5.22. The molecule has 2 aliphatic heterocycles. The first-order valence-electron chi connectivity index (χ1n) is 11.0. The molecular formula is C23H18BClF2N6OS. The van der Waals surface area contributed by atoms with Crippen LogP contribution in [0.25, 0.3) is 32.1 Å². The maximum atomic E-state index is 16.3. The van der Waals surface area contributed by atoms with Crippen molar-refractivity contribution < 1.29 is 13.5 Å². The molecule has 1 atom stereocenters. The Balaban J connectivity index is 1.62.